The molecule has 2 N–H and O–H groups in total. The number of anilines is 1. The molecule has 0 amide bonds. The summed E-state index contributed by atoms with van der Waals surface area (Å²) in [7, 11) is 2.00. The first-order valence-corrected chi connectivity index (χ1v) is 9.17. The summed E-state index contributed by atoms with van der Waals surface area (Å²) < 4.78 is 1.71. The zero-order chi connectivity index (χ0) is 19.6. The monoisotopic (exact) mass is 369 g/mol. The first kappa shape index (κ1) is 19.3. The second kappa shape index (κ2) is 8.02. The van der Waals surface area contributed by atoms with Gasteiger partial charge in [-0.05, 0) is 38.3 Å². The molecule has 0 radical (unpaired) electrons. The van der Waals surface area contributed by atoms with Crippen LogP contribution < -0.4 is 4.90 Å². The molecule has 7 nitrogen and oxygen atoms in total. The molecule has 0 aliphatic heterocycles. The summed E-state index contributed by atoms with van der Waals surface area (Å²) in [6.07, 6.45) is 3.28. The molecule has 2 aromatic heterocycles. The third kappa shape index (κ3) is 3.79. The normalized spacial score (nSPS) is 14.9. The van der Waals surface area contributed by atoms with E-state index in [0.717, 1.165) is 12.2 Å². The number of nitrogens with zero attached hydrogens (tertiary/aromatic N) is 5. The quantitative estimate of drug-likeness (QED) is 0.663. The average Bonchev–Trinajstić information content (AvgIpc) is 3.07. The van der Waals surface area contributed by atoms with Crippen LogP contribution in [0.2, 0.25) is 0 Å². The van der Waals surface area contributed by atoms with Gasteiger partial charge in [-0.25, -0.2) is 15.0 Å². The van der Waals surface area contributed by atoms with Gasteiger partial charge in [0.25, 0.3) is 0 Å². The number of aryl methyl sites for hydroxylation is 1. The zero-order valence-electron chi connectivity index (χ0n) is 16.2. The molecule has 7 heteroatoms. The van der Waals surface area contributed by atoms with E-state index in [1.165, 1.54) is 17.5 Å². The fourth-order valence-electron chi connectivity index (χ4n) is 3.32. The molecule has 0 fully saturated rings. The minimum Gasteiger partial charge on any atom is -0.394 e. The lowest BCUT2D eigenvalue weighted by Crippen LogP contribution is -2.32. The molecule has 0 bridgehead atoms. The molecular weight excluding hydrogens is 342 g/mol. The van der Waals surface area contributed by atoms with Crippen LogP contribution in [0, 0.1) is 6.92 Å². The molecule has 0 aliphatic carbocycles. The first-order chi connectivity index (χ1) is 12.9. The maximum Gasteiger partial charge on any atom is 0.165 e. The predicted molar refractivity (Wildman–Crippen MR) is 106 cm³/mol. The van der Waals surface area contributed by atoms with E-state index in [9.17, 15) is 10.2 Å². The summed E-state index contributed by atoms with van der Waals surface area (Å²) >= 11 is 0. The summed E-state index contributed by atoms with van der Waals surface area (Å²) in [5.41, 5.74) is 3.85. The van der Waals surface area contributed by atoms with Crippen molar-refractivity contribution in [3.8, 4) is 0 Å². The standard InChI is InChI=1S/C20H27N5O2/c1-13-7-5-6-8-16(13)9-14(2)24(4)19-18-20(22-11-21-19)25(12-23-18)17(10-26)15(3)27/h5-8,11-12,14-15,17,26-27H,9-10H2,1-4H3/t14?,15-,17-/m1/s1. The minimum atomic E-state index is -0.719. The average molecular weight is 369 g/mol. The van der Waals surface area contributed by atoms with Crippen molar-refractivity contribution in [2.75, 3.05) is 18.6 Å². The molecular formula is C20H27N5O2. The van der Waals surface area contributed by atoms with Gasteiger partial charge in [0.2, 0.25) is 0 Å². The van der Waals surface area contributed by atoms with E-state index in [-0.39, 0.29) is 12.6 Å². The van der Waals surface area contributed by atoms with Gasteiger partial charge in [-0.3, -0.25) is 0 Å². The molecule has 1 unspecified atom stereocenters. The maximum absolute atomic E-state index is 9.94. The lowest BCUT2D eigenvalue weighted by atomic mass is 10.0. The molecule has 3 rings (SSSR count). The van der Waals surface area contributed by atoms with Gasteiger partial charge in [0.1, 0.15) is 6.33 Å². The molecule has 3 aromatic rings. The number of aromatic nitrogens is 4. The highest BCUT2D eigenvalue weighted by molar-refractivity contribution is 5.83. The minimum absolute atomic E-state index is 0.192. The van der Waals surface area contributed by atoms with Crippen LogP contribution in [-0.2, 0) is 6.42 Å². The molecule has 2 heterocycles. The van der Waals surface area contributed by atoms with Crippen molar-refractivity contribution in [2.24, 2.45) is 0 Å². The SMILES string of the molecule is Cc1ccccc1CC(C)N(C)c1ncnc2c1ncn2[C@H](CO)[C@@H](C)O. The largest absolute Gasteiger partial charge is 0.394 e. The Morgan fingerprint density at radius 1 is 1.15 bits per heavy atom. The number of rotatable bonds is 7. The van der Waals surface area contributed by atoms with Gasteiger partial charge < -0.3 is 19.7 Å². The van der Waals surface area contributed by atoms with Gasteiger partial charge in [0.05, 0.1) is 25.1 Å². The van der Waals surface area contributed by atoms with Crippen LogP contribution in [0.15, 0.2) is 36.9 Å². The van der Waals surface area contributed by atoms with Gasteiger partial charge in [-0.1, -0.05) is 24.3 Å². The number of fused-ring (bicyclic) bond motifs is 1. The van der Waals surface area contributed by atoms with Gasteiger partial charge in [0, 0.05) is 13.1 Å². The van der Waals surface area contributed by atoms with Crippen LogP contribution in [0.5, 0.6) is 0 Å². The van der Waals surface area contributed by atoms with Crippen LogP contribution in [-0.4, -0.2) is 55.5 Å². The van der Waals surface area contributed by atoms with E-state index >= 15 is 0 Å². The smallest absolute Gasteiger partial charge is 0.165 e. The first-order valence-electron chi connectivity index (χ1n) is 9.17. The Bertz CT molecular complexity index is 908. The number of aliphatic hydroxyl groups is 2. The van der Waals surface area contributed by atoms with Crippen molar-refractivity contribution in [3.63, 3.8) is 0 Å². The molecule has 0 saturated heterocycles. The van der Waals surface area contributed by atoms with E-state index in [0.29, 0.717) is 11.2 Å². The zero-order valence-corrected chi connectivity index (χ0v) is 16.2. The van der Waals surface area contributed by atoms with Gasteiger partial charge in [-0.2, -0.15) is 0 Å². The van der Waals surface area contributed by atoms with Crippen molar-refractivity contribution in [2.45, 2.75) is 45.4 Å². The number of likely N-dealkylation sites (N-methyl/N-ethyl adjacent to an activating group) is 1. The molecule has 27 heavy (non-hydrogen) atoms. The highest BCUT2D eigenvalue weighted by atomic mass is 16.3. The van der Waals surface area contributed by atoms with Crippen molar-refractivity contribution in [1.82, 2.24) is 19.5 Å². The Kier molecular flexibility index (Phi) is 5.72. The van der Waals surface area contributed by atoms with Gasteiger partial charge in [-0.15, -0.1) is 0 Å². The molecule has 144 valence electrons. The highest BCUT2D eigenvalue weighted by Gasteiger charge is 2.23. The molecule has 3 atom stereocenters. The van der Waals surface area contributed by atoms with Crippen LogP contribution in [0.1, 0.15) is 31.0 Å². The summed E-state index contributed by atoms with van der Waals surface area (Å²) in [5.74, 6) is 0.738. The Hall–Kier alpha value is -2.51. The Morgan fingerprint density at radius 3 is 2.56 bits per heavy atom. The number of imidazole rings is 1. The number of hydrogen-bond acceptors (Lipinski definition) is 6. The Labute approximate surface area is 159 Å². The molecule has 0 aliphatic rings. The van der Waals surface area contributed by atoms with Crippen molar-refractivity contribution < 1.29 is 10.2 Å². The third-order valence-corrected chi connectivity index (χ3v) is 5.21. The summed E-state index contributed by atoms with van der Waals surface area (Å²) in [4.78, 5) is 15.4. The van der Waals surface area contributed by atoms with E-state index < -0.39 is 12.1 Å². The summed E-state index contributed by atoms with van der Waals surface area (Å²) in [6, 6.07) is 8.10. The van der Waals surface area contributed by atoms with Crippen LogP contribution in [0.4, 0.5) is 5.82 Å². The number of aliphatic hydroxyl groups excluding tert-OH is 2. The third-order valence-electron chi connectivity index (χ3n) is 5.21. The van der Waals surface area contributed by atoms with Gasteiger partial charge >= 0.3 is 0 Å². The van der Waals surface area contributed by atoms with E-state index in [1.807, 2.05) is 13.1 Å². The summed E-state index contributed by atoms with van der Waals surface area (Å²) in [6.45, 7) is 5.73. The van der Waals surface area contributed by atoms with Crippen LogP contribution in [0.25, 0.3) is 11.2 Å². The van der Waals surface area contributed by atoms with Crippen LogP contribution >= 0.6 is 0 Å². The van der Waals surface area contributed by atoms with E-state index in [2.05, 4.69) is 51.9 Å². The molecule has 0 saturated carbocycles. The van der Waals surface area contributed by atoms with Crippen molar-refractivity contribution in [1.29, 1.82) is 0 Å². The Balaban J connectivity index is 1.92. The second-order valence-electron chi connectivity index (χ2n) is 7.10. The number of hydrogen-bond donors (Lipinski definition) is 2. The van der Waals surface area contributed by atoms with Crippen molar-refractivity contribution >= 4 is 17.0 Å². The fourth-order valence-corrected chi connectivity index (χ4v) is 3.32. The van der Waals surface area contributed by atoms with Crippen LogP contribution in [0.3, 0.4) is 0 Å². The second-order valence-corrected chi connectivity index (χ2v) is 7.10. The predicted octanol–water partition coefficient (Wildman–Crippen LogP) is 2.12. The molecule has 0 spiro atoms. The molecule has 1 aromatic carbocycles. The highest BCUT2D eigenvalue weighted by Crippen LogP contribution is 2.26. The lowest BCUT2D eigenvalue weighted by Gasteiger charge is -2.26. The fraction of sp³-hybridized carbons (Fsp3) is 0.450. The maximum atomic E-state index is 9.94. The topological polar surface area (TPSA) is 87.3 Å². The lowest BCUT2D eigenvalue weighted by molar-refractivity contribution is 0.0885. The van der Waals surface area contributed by atoms with Gasteiger partial charge in [0.15, 0.2) is 17.0 Å². The summed E-state index contributed by atoms with van der Waals surface area (Å²) in [5, 5.41) is 19.6. The van der Waals surface area contributed by atoms with Crippen molar-refractivity contribution in [3.05, 3.63) is 48.0 Å². The van der Waals surface area contributed by atoms with E-state index in [1.54, 1.807) is 17.8 Å². The van der Waals surface area contributed by atoms with E-state index in [4.69, 9.17) is 0 Å². The Morgan fingerprint density at radius 2 is 1.89 bits per heavy atom. The number of benzene rings is 1.